The number of para-hydroxylation sites is 1. The number of nitrogens with one attached hydrogen (secondary N) is 1. The van der Waals surface area contributed by atoms with Gasteiger partial charge in [0, 0.05) is 11.4 Å². The molecule has 33 heavy (non-hydrogen) atoms. The number of hydrogen-bond acceptors (Lipinski definition) is 7. The van der Waals surface area contributed by atoms with Gasteiger partial charge in [-0.2, -0.15) is 5.26 Å². The van der Waals surface area contributed by atoms with Gasteiger partial charge < -0.3 is 14.6 Å². The first-order chi connectivity index (χ1) is 16.2. The minimum atomic E-state index is -0.143. The van der Waals surface area contributed by atoms with Gasteiger partial charge in [0.05, 0.1) is 24.0 Å². The van der Waals surface area contributed by atoms with E-state index in [0.717, 1.165) is 42.6 Å². The molecule has 0 fully saturated rings. The van der Waals surface area contributed by atoms with Crippen LogP contribution in [0.15, 0.2) is 29.4 Å². The van der Waals surface area contributed by atoms with Crippen molar-refractivity contribution in [3.63, 3.8) is 0 Å². The largest absolute Gasteiger partial charge is 0.496 e. The summed E-state index contributed by atoms with van der Waals surface area (Å²) in [7, 11) is 1.63. The summed E-state index contributed by atoms with van der Waals surface area (Å²) in [6.45, 7) is 2.69. The lowest BCUT2D eigenvalue weighted by molar-refractivity contribution is -0.113. The Morgan fingerprint density at radius 2 is 2.03 bits per heavy atom. The lowest BCUT2D eigenvalue weighted by Crippen LogP contribution is -2.14. The first kappa shape index (κ1) is 23.3. The minimum Gasteiger partial charge on any atom is -0.496 e. The summed E-state index contributed by atoms with van der Waals surface area (Å²) in [5.41, 5.74) is 2.64. The fourth-order valence-electron chi connectivity index (χ4n) is 4.13. The molecular weight excluding hydrogens is 454 g/mol. The van der Waals surface area contributed by atoms with Crippen molar-refractivity contribution in [1.82, 2.24) is 14.8 Å². The summed E-state index contributed by atoms with van der Waals surface area (Å²) >= 11 is 2.90. The highest BCUT2D eigenvalue weighted by atomic mass is 32.2. The fourth-order valence-corrected chi connectivity index (χ4v) is 6.19. The molecule has 1 N–H and O–H groups in total. The highest BCUT2D eigenvalue weighted by molar-refractivity contribution is 7.99. The van der Waals surface area contributed by atoms with Crippen LogP contribution in [0.3, 0.4) is 0 Å². The molecule has 1 amide bonds. The quantitative estimate of drug-likeness (QED) is 0.461. The summed E-state index contributed by atoms with van der Waals surface area (Å²) in [4.78, 5) is 14.0. The van der Waals surface area contributed by atoms with Gasteiger partial charge in [-0.1, -0.05) is 36.7 Å². The maximum absolute atomic E-state index is 12.8. The number of methoxy groups -OCH3 is 1. The smallest absolute Gasteiger partial charge is 0.235 e. The van der Waals surface area contributed by atoms with E-state index in [2.05, 4.69) is 21.6 Å². The Labute approximate surface area is 202 Å². The van der Waals surface area contributed by atoms with Crippen molar-refractivity contribution in [2.24, 2.45) is 0 Å². The van der Waals surface area contributed by atoms with Gasteiger partial charge in [0.1, 0.15) is 16.8 Å². The van der Waals surface area contributed by atoms with Crippen molar-refractivity contribution in [2.75, 3.05) is 18.2 Å². The van der Waals surface area contributed by atoms with Crippen LogP contribution >= 0.6 is 23.1 Å². The highest BCUT2D eigenvalue weighted by Gasteiger charge is 2.21. The van der Waals surface area contributed by atoms with Crippen LogP contribution in [-0.2, 0) is 24.2 Å². The van der Waals surface area contributed by atoms with Crippen molar-refractivity contribution in [1.29, 1.82) is 5.26 Å². The van der Waals surface area contributed by atoms with Crippen LogP contribution in [0.25, 0.3) is 11.4 Å². The molecule has 1 aliphatic rings. The summed E-state index contributed by atoms with van der Waals surface area (Å²) < 4.78 is 7.45. The van der Waals surface area contributed by atoms with E-state index in [0.29, 0.717) is 28.1 Å². The number of aromatic nitrogens is 3. The minimum absolute atomic E-state index is 0.143. The molecule has 1 aromatic carbocycles. The van der Waals surface area contributed by atoms with Crippen LogP contribution in [0.4, 0.5) is 5.00 Å². The van der Waals surface area contributed by atoms with Gasteiger partial charge in [-0.3, -0.25) is 4.79 Å². The number of thioether (sulfide) groups is 1. The average Bonchev–Trinajstić information content (AvgIpc) is 3.37. The number of carbonyl (C=O) groups excluding carboxylic acids is 1. The van der Waals surface area contributed by atoms with Crippen LogP contribution < -0.4 is 10.1 Å². The third-order valence-electron chi connectivity index (χ3n) is 5.75. The molecule has 0 unspecified atom stereocenters. The molecule has 0 aliphatic heterocycles. The number of carbonyl (C=O) groups is 1. The molecule has 3 aromatic rings. The molecule has 1 aliphatic carbocycles. The topological polar surface area (TPSA) is 92.8 Å². The standard InChI is InChI=1S/C24H27N5O2S2/c1-3-29-22(17-11-8-9-12-19(17)31-2)27-28-24(29)32-15-21(30)26-23-18(14-25)16-10-6-4-5-7-13-20(16)33-23/h8-9,11-12H,3-7,10,13,15H2,1-2H3,(H,26,30). The van der Waals surface area contributed by atoms with E-state index in [1.165, 1.54) is 29.5 Å². The predicted molar refractivity (Wildman–Crippen MR) is 132 cm³/mol. The SMILES string of the molecule is CCn1c(SCC(=O)Nc2sc3c(c2C#N)CCCCCC3)nnc1-c1ccccc1OC. The maximum atomic E-state index is 12.8. The molecule has 2 aromatic heterocycles. The number of fused-ring (bicyclic) bond motifs is 1. The normalized spacial score (nSPS) is 13.5. The Morgan fingerprint density at radius 3 is 2.79 bits per heavy atom. The Hall–Kier alpha value is -2.83. The number of benzene rings is 1. The van der Waals surface area contributed by atoms with E-state index in [9.17, 15) is 10.1 Å². The number of anilines is 1. The van der Waals surface area contributed by atoms with E-state index >= 15 is 0 Å². The third kappa shape index (κ3) is 5.07. The van der Waals surface area contributed by atoms with Gasteiger partial charge in [-0.15, -0.1) is 21.5 Å². The molecule has 2 heterocycles. The van der Waals surface area contributed by atoms with Crippen molar-refractivity contribution < 1.29 is 9.53 Å². The molecule has 4 rings (SSSR count). The van der Waals surface area contributed by atoms with E-state index in [1.54, 1.807) is 18.4 Å². The number of amides is 1. The van der Waals surface area contributed by atoms with E-state index in [-0.39, 0.29) is 11.7 Å². The molecular formula is C24H27N5O2S2. The average molecular weight is 482 g/mol. The summed E-state index contributed by atoms with van der Waals surface area (Å²) in [5, 5.41) is 22.7. The predicted octanol–water partition coefficient (Wildman–Crippen LogP) is 5.30. The number of aryl methyl sites for hydroxylation is 1. The highest BCUT2D eigenvalue weighted by Crippen LogP contribution is 2.37. The lowest BCUT2D eigenvalue weighted by Gasteiger charge is -2.10. The lowest BCUT2D eigenvalue weighted by atomic mass is 9.97. The molecule has 0 bridgehead atoms. The number of nitrogens with zero attached hydrogens (tertiary/aromatic N) is 4. The zero-order valence-corrected chi connectivity index (χ0v) is 20.5. The number of ether oxygens (including phenoxy) is 1. The zero-order valence-electron chi connectivity index (χ0n) is 18.9. The van der Waals surface area contributed by atoms with Gasteiger partial charge in [0.25, 0.3) is 0 Å². The first-order valence-electron chi connectivity index (χ1n) is 11.2. The molecule has 0 radical (unpaired) electrons. The second-order valence-electron chi connectivity index (χ2n) is 7.82. The molecule has 9 heteroatoms. The first-order valence-corrected chi connectivity index (χ1v) is 13.0. The number of nitriles is 1. The molecule has 0 atom stereocenters. The monoisotopic (exact) mass is 481 g/mol. The second-order valence-corrected chi connectivity index (χ2v) is 9.87. The molecule has 172 valence electrons. The van der Waals surface area contributed by atoms with Gasteiger partial charge in [-0.05, 0) is 50.3 Å². The van der Waals surface area contributed by atoms with Gasteiger partial charge >= 0.3 is 0 Å². The van der Waals surface area contributed by atoms with Crippen LogP contribution in [0, 0.1) is 11.3 Å². The van der Waals surface area contributed by atoms with Crippen molar-refractivity contribution in [2.45, 2.75) is 57.1 Å². The van der Waals surface area contributed by atoms with Gasteiger partial charge in [0.2, 0.25) is 5.91 Å². The summed E-state index contributed by atoms with van der Waals surface area (Å²) in [6.07, 6.45) is 6.58. The van der Waals surface area contributed by atoms with Crippen LogP contribution in [-0.4, -0.2) is 33.5 Å². The van der Waals surface area contributed by atoms with Crippen LogP contribution in [0.5, 0.6) is 5.75 Å². The maximum Gasteiger partial charge on any atom is 0.235 e. The van der Waals surface area contributed by atoms with Crippen molar-refractivity contribution in [3.8, 4) is 23.2 Å². The number of hydrogen-bond donors (Lipinski definition) is 1. The van der Waals surface area contributed by atoms with E-state index in [4.69, 9.17) is 4.74 Å². The van der Waals surface area contributed by atoms with E-state index in [1.807, 2.05) is 35.8 Å². The molecule has 0 spiro atoms. The Kier molecular flexibility index (Phi) is 7.68. The van der Waals surface area contributed by atoms with Crippen LogP contribution in [0.1, 0.15) is 48.6 Å². The van der Waals surface area contributed by atoms with E-state index < -0.39 is 0 Å². The van der Waals surface area contributed by atoms with Crippen molar-refractivity contribution in [3.05, 3.63) is 40.3 Å². The second kappa shape index (κ2) is 10.9. The molecule has 7 nitrogen and oxygen atoms in total. The molecule has 0 saturated heterocycles. The zero-order chi connectivity index (χ0) is 23.2. The van der Waals surface area contributed by atoms with Crippen LogP contribution in [0.2, 0.25) is 0 Å². The Morgan fingerprint density at radius 1 is 1.24 bits per heavy atom. The number of rotatable bonds is 7. The fraction of sp³-hybridized carbons (Fsp3) is 0.417. The Balaban J connectivity index is 1.48. The van der Waals surface area contributed by atoms with Crippen molar-refractivity contribution >= 4 is 34.0 Å². The summed E-state index contributed by atoms with van der Waals surface area (Å²) in [6, 6.07) is 10.0. The Bertz CT molecular complexity index is 1180. The van der Waals surface area contributed by atoms with Gasteiger partial charge in [0.15, 0.2) is 11.0 Å². The molecule has 0 saturated carbocycles. The third-order valence-corrected chi connectivity index (χ3v) is 7.92. The number of thiophene rings is 1. The summed E-state index contributed by atoms with van der Waals surface area (Å²) in [5.74, 6) is 1.49. The van der Waals surface area contributed by atoms with Gasteiger partial charge in [-0.25, -0.2) is 0 Å².